The Labute approximate surface area is 109 Å². The summed E-state index contributed by atoms with van der Waals surface area (Å²) in [4.78, 5) is 0. The van der Waals surface area contributed by atoms with E-state index in [2.05, 4.69) is 24.4 Å². The summed E-state index contributed by atoms with van der Waals surface area (Å²) in [7, 11) is 1.69. The minimum atomic E-state index is 0.114. The van der Waals surface area contributed by atoms with Crippen molar-refractivity contribution in [3.05, 3.63) is 35.4 Å². The van der Waals surface area contributed by atoms with E-state index < -0.39 is 0 Å². The van der Waals surface area contributed by atoms with Gasteiger partial charge in [-0.25, -0.2) is 0 Å². The number of aliphatic hydroxyl groups is 1. The molecule has 0 amide bonds. The lowest BCUT2D eigenvalue weighted by molar-refractivity contribution is 0.185. The molecule has 4 heteroatoms. The van der Waals surface area contributed by atoms with E-state index in [1.807, 2.05) is 12.1 Å². The quantitative estimate of drug-likeness (QED) is 0.650. The Bertz CT molecular complexity index is 344. The monoisotopic (exact) mass is 252 g/mol. The average molecular weight is 252 g/mol. The molecule has 2 unspecified atom stereocenters. The van der Waals surface area contributed by atoms with Crippen molar-refractivity contribution in [3.8, 4) is 0 Å². The molecular formula is C14H24N2O2. The maximum absolute atomic E-state index is 8.92. The van der Waals surface area contributed by atoms with Crippen molar-refractivity contribution in [2.45, 2.75) is 32.0 Å². The van der Waals surface area contributed by atoms with Gasteiger partial charge in [-0.1, -0.05) is 24.3 Å². The maximum atomic E-state index is 8.92. The third-order valence-corrected chi connectivity index (χ3v) is 2.95. The first-order valence-electron chi connectivity index (χ1n) is 6.36. The predicted molar refractivity (Wildman–Crippen MR) is 73.3 cm³/mol. The van der Waals surface area contributed by atoms with Crippen LogP contribution in [0, 0.1) is 0 Å². The smallest absolute Gasteiger partial charge is 0.0713 e. The Morgan fingerprint density at radius 3 is 2.83 bits per heavy atom. The van der Waals surface area contributed by atoms with Crippen LogP contribution in [0.15, 0.2) is 24.3 Å². The molecule has 0 aromatic heterocycles. The highest BCUT2D eigenvalue weighted by Gasteiger charge is 2.12. The molecule has 0 saturated heterocycles. The molecule has 0 saturated carbocycles. The van der Waals surface area contributed by atoms with E-state index in [0.717, 1.165) is 17.5 Å². The highest BCUT2D eigenvalue weighted by atomic mass is 16.5. The van der Waals surface area contributed by atoms with Gasteiger partial charge in [0.25, 0.3) is 0 Å². The molecule has 0 aliphatic carbocycles. The van der Waals surface area contributed by atoms with Gasteiger partial charge < -0.3 is 20.9 Å². The van der Waals surface area contributed by atoms with Crippen LogP contribution in [0.2, 0.25) is 0 Å². The Morgan fingerprint density at radius 1 is 1.44 bits per heavy atom. The molecular weight excluding hydrogens is 228 g/mol. The number of rotatable bonds is 8. The molecule has 4 N–H and O–H groups in total. The lowest BCUT2D eigenvalue weighted by Crippen LogP contribution is -2.35. The topological polar surface area (TPSA) is 67.5 Å². The summed E-state index contributed by atoms with van der Waals surface area (Å²) in [5, 5.41) is 12.3. The fraction of sp³-hybridized carbons (Fsp3) is 0.571. The van der Waals surface area contributed by atoms with Gasteiger partial charge in [-0.3, -0.25) is 0 Å². The van der Waals surface area contributed by atoms with Crippen LogP contribution in [0.1, 0.15) is 30.5 Å². The third kappa shape index (κ3) is 4.74. The standard InChI is InChI=1S/C14H24N2O2/c1-11(6-7-17)16-14(9-15)13-5-3-4-12(8-13)10-18-2/h3-5,8,11,14,16-17H,6-7,9-10,15H2,1-2H3. The maximum Gasteiger partial charge on any atom is 0.0713 e. The van der Waals surface area contributed by atoms with E-state index in [-0.39, 0.29) is 18.7 Å². The van der Waals surface area contributed by atoms with Crippen LogP contribution in [-0.4, -0.2) is 31.4 Å². The van der Waals surface area contributed by atoms with Crippen molar-refractivity contribution in [1.29, 1.82) is 0 Å². The molecule has 0 radical (unpaired) electrons. The SMILES string of the molecule is COCc1cccc(C(CN)NC(C)CCO)c1. The molecule has 0 heterocycles. The first-order chi connectivity index (χ1) is 8.71. The number of hydrogen-bond acceptors (Lipinski definition) is 4. The fourth-order valence-corrected chi connectivity index (χ4v) is 1.99. The van der Waals surface area contributed by atoms with Crippen molar-refractivity contribution in [3.63, 3.8) is 0 Å². The zero-order chi connectivity index (χ0) is 13.4. The van der Waals surface area contributed by atoms with Gasteiger partial charge in [0.05, 0.1) is 6.61 Å². The lowest BCUT2D eigenvalue weighted by Gasteiger charge is -2.22. The molecule has 2 atom stereocenters. The Morgan fingerprint density at radius 2 is 2.22 bits per heavy atom. The van der Waals surface area contributed by atoms with Crippen molar-refractivity contribution in [1.82, 2.24) is 5.32 Å². The third-order valence-electron chi connectivity index (χ3n) is 2.95. The van der Waals surface area contributed by atoms with E-state index >= 15 is 0 Å². The second-order valence-corrected chi connectivity index (χ2v) is 4.55. The van der Waals surface area contributed by atoms with Gasteiger partial charge in [0.2, 0.25) is 0 Å². The fourth-order valence-electron chi connectivity index (χ4n) is 1.99. The molecule has 18 heavy (non-hydrogen) atoms. The summed E-state index contributed by atoms with van der Waals surface area (Å²) in [6.07, 6.45) is 0.730. The molecule has 0 aliphatic heterocycles. The lowest BCUT2D eigenvalue weighted by atomic mass is 10.0. The molecule has 0 fully saturated rings. The summed E-state index contributed by atoms with van der Waals surface area (Å²) in [5.74, 6) is 0. The van der Waals surface area contributed by atoms with Crippen molar-refractivity contribution in [2.75, 3.05) is 20.3 Å². The number of ether oxygens (including phenoxy) is 1. The molecule has 0 bridgehead atoms. The summed E-state index contributed by atoms with van der Waals surface area (Å²) in [6, 6.07) is 8.59. The molecule has 4 nitrogen and oxygen atoms in total. The Hall–Kier alpha value is -0.940. The van der Waals surface area contributed by atoms with E-state index in [1.54, 1.807) is 7.11 Å². The molecule has 0 spiro atoms. The number of nitrogens with two attached hydrogens (primary N) is 1. The molecule has 1 aromatic carbocycles. The highest BCUT2D eigenvalue weighted by molar-refractivity contribution is 5.26. The average Bonchev–Trinajstić information content (AvgIpc) is 2.37. The Balaban J connectivity index is 2.71. The van der Waals surface area contributed by atoms with Crippen LogP contribution < -0.4 is 11.1 Å². The minimum Gasteiger partial charge on any atom is -0.396 e. The van der Waals surface area contributed by atoms with Crippen molar-refractivity contribution >= 4 is 0 Å². The van der Waals surface area contributed by atoms with E-state index in [0.29, 0.717) is 13.2 Å². The predicted octanol–water partition coefficient (Wildman–Crippen LogP) is 1.19. The van der Waals surface area contributed by atoms with Crippen molar-refractivity contribution in [2.24, 2.45) is 5.73 Å². The number of nitrogens with one attached hydrogen (secondary N) is 1. The first kappa shape index (κ1) is 15.1. The number of hydrogen-bond donors (Lipinski definition) is 3. The van der Waals surface area contributed by atoms with Gasteiger partial charge in [0.1, 0.15) is 0 Å². The first-order valence-corrected chi connectivity index (χ1v) is 6.36. The van der Waals surface area contributed by atoms with Crippen LogP contribution in [0.4, 0.5) is 0 Å². The van der Waals surface area contributed by atoms with Crippen LogP contribution in [0.3, 0.4) is 0 Å². The molecule has 102 valence electrons. The van der Waals surface area contributed by atoms with Gasteiger partial charge >= 0.3 is 0 Å². The second-order valence-electron chi connectivity index (χ2n) is 4.55. The summed E-state index contributed by atoms with van der Waals surface area (Å²) < 4.78 is 5.13. The summed E-state index contributed by atoms with van der Waals surface area (Å²) in [5.41, 5.74) is 8.12. The number of benzene rings is 1. The zero-order valence-electron chi connectivity index (χ0n) is 11.2. The van der Waals surface area contributed by atoms with E-state index in [4.69, 9.17) is 15.6 Å². The van der Waals surface area contributed by atoms with Gasteiger partial charge in [-0.15, -0.1) is 0 Å². The number of aliphatic hydroxyl groups excluding tert-OH is 1. The normalized spacial score (nSPS) is 14.4. The van der Waals surface area contributed by atoms with Gasteiger partial charge in [-0.2, -0.15) is 0 Å². The van der Waals surface area contributed by atoms with Crippen LogP contribution in [-0.2, 0) is 11.3 Å². The molecule has 1 rings (SSSR count). The Kier molecular flexibility index (Phi) is 6.90. The van der Waals surface area contributed by atoms with Crippen LogP contribution in [0.5, 0.6) is 0 Å². The number of methoxy groups -OCH3 is 1. The van der Waals surface area contributed by atoms with Gasteiger partial charge in [-0.05, 0) is 24.5 Å². The largest absolute Gasteiger partial charge is 0.396 e. The second kappa shape index (κ2) is 8.21. The van der Waals surface area contributed by atoms with E-state index in [9.17, 15) is 0 Å². The minimum absolute atomic E-state index is 0.114. The van der Waals surface area contributed by atoms with Gasteiger partial charge in [0, 0.05) is 32.3 Å². The highest BCUT2D eigenvalue weighted by Crippen LogP contribution is 2.15. The zero-order valence-corrected chi connectivity index (χ0v) is 11.2. The molecule has 0 aliphatic rings. The summed E-state index contributed by atoms with van der Waals surface area (Å²) in [6.45, 7) is 3.39. The van der Waals surface area contributed by atoms with Crippen molar-refractivity contribution < 1.29 is 9.84 Å². The van der Waals surface area contributed by atoms with Crippen LogP contribution >= 0.6 is 0 Å². The van der Waals surface area contributed by atoms with E-state index in [1.165, 1.54) is 0 Å². The summed E-state index contributed by atoms with van der Waals surface area (Å²) >= 11 is 0. The van der Waals surface area contributed by atoms with Crippen LogP contribution in [0.25, 0.3) is 0 Å². The van der Waals surface area contributed by atoms with Gasteiger partial charge in [0.15, 0.2) is 0 Å². The molecule has 1 aromatic rings.